The molecule has 3 aliphatic rings. The molecule has 2 bridgehead atoms. The molecule has 14 heteroatoms. The number of alkyl halides is 6. The van der Waals surface area contributed by atoms with Gasteiger partial charge in [0.25, 0.3) is 0 Å². The molecule has 0 aliphatic heterocycles. The van der Waals surface area contributed by atoms with Crippen molar-refractivity contribution in [3.63, 3.8) is 0 Å². The highest BCUT2D eigenvalue weighted by Gasteiger charge is 2.75. The Kier molecular flexibility index (Phi) is 7.49. The van der Waals surface area contributed by atoms with E-state index in [0.29, 0.717) is 6.42 Å². The molecule has 7 nitrogen and oxygen atoms in total. The van der Waals surface area contributed by atoms with Crippen LogP contribution in [-0.4, -0.2) is 55.2 Å². The summed E-state index contributed by atoms with van der Waals surface area (Å²) in [5.74, 6) is -6.75. The standard InChI is InChI=1S/C25H22F6O7S/c26-24(27,28)23(25(29,30)31,13-39(34,35)36)38-20(32)10-5-11-37-22(33)19-12-18-14-6-1-3-8-16(14)21(19)17-9-4-2-7-15(17)18/h1-4,6-9,18-19,21H,5,10-13H2,(H,34,35,36)/p-1. The molecule has 2 aromatic carbocycles. The van der Waals surface area contributed by atoms with E-state index < -0.39 is 71.1 Å². The molecule has 0 amide bonds. The van der Waals surface area contributed by atoms with Gasteiger partial charge in [0.15, 0.2) is 0 Å². The van der Waals surface area contributed by atoms with E-state index >= 15 is 0 Å². The van der Waals surface area contributed by atoms with E-state index in [9.17, 15) is 48.9 Å². The smallest absolute Gasteiger partial charge is 0.438 e. The quantitative estimate of drug-likeness (QED) is 0.195. The van der Waals surface area contributed by atoms with Gasteiger partial charge < -0.3 is 14.0 Å². The zero-order valence-electron chi connectivity index (χ0n) is 19.9. The van der Waals surface area contributed by atoms with Gasteiger partial charge in [-0.05, 0) is 35.1 Å². The van der Waals surface area contributed by atoms with E-state index in [-0.39, 0.29) is 11.8 Å². The lowest BCUT2D eigenvalue weighted by atomic mass is 9.59. The Hall–Kier alpha value is -3.13. The van der Waals surface area contributed by atoms with Gasteiger partial charge in [0.1, 0.15) is 0 Å². The molecule has 212 valence electrons. The SMILES string of the molecule is O=C(CCCOC(=O)C1CC2c3ccccc3C1c1ccccc12)OC(CS(=O)(=O)[O-])(C(F)(F)F)C(F)(F)F. The molecule has 0 spiro atoms. The van der Waals surface area contributed by atoms with E-state index in [1.54, 1.807) is 0 Å². The van der Waals surface area contributed by atoms with Crippen LogP contribution in [-0.2, 0) is 29.2 Å². The van der Waals surface area contributed by atoms with E-state index in [1.165, 1.54) is 0 Å². The third kappa shape index (κ3) is 5.49. The molecule has 0 heterocycles. The average molecular weight is 579 g/mol. The zero-order valence-corrected chi connectivity index (χ0v) is 20.7. The van der Waals surface area contributed by atoms with E-state index in [2.05, 4.69) is 4.74 Å². The molecule has 0 saturated carbocycles. The number of fused-ring (bicyclic) bond motifs is 1. The highest BCUT2D eigenvalue weighted by Crippen LogP contribution is 2.55. The van der Waals surface area contributed by atoms with Crippen LogP contribution < -0.4 is 0 Å². The summed E-state index contributed by atoms with van der Waals surface area (Å²) in [5, 5.41) is 0. The van der Waals surface area contributed by atoms with Gasteiger partial charge >= 0.3 is 29.9 Å². The maximum Gasteiger partial charge on any atom is 0.438 e. The number of rotatable bonds is 8. The number of halogens is 6. The summed E-state index contributed by atoms with van der Waals surface area (Å²) < 4.78 is 121. The van der Waals surface area contributed by atoms with Crippen molar-refractivity contribution in [2.45, 2.75) is 49.1 Å². The number of carbonyl (C=O) groups is 2. The number of ether oxygens (including phenoxy) is 2. The van der Waals surface area contributed by atoms with Gasteiger partial charge in [0.2, 0.25) is 0 Å². The number of hydrogen-bond acceptors (Lipinski definition) is 7. The first kappa shape index (κ1) is 28.9. The van der Waals surface area contributed by atoms with Gasteiger partial charge in [-0.3, -0.25) is 9.59 Å². The van der Waals surface area contributed by atoms with Gasteiger partial charge in [-0.1, -0.05) is 48.5 Å². The third-order valence-corrected chi connectivity index (χ3v) is 7.72. The minimum atomic E-state index is -6.45. The minimum Gasteiger partial charge on any atom is -0.748 e. The fraction of sp³-hybridized carbons (Fsp3) is 0.440. The Morgan fingerprint density at radius 3 is 1.82 bits per heavy atom. The second-order valence-corrected chi connectivity index (χ2v) is 10.8. The molecular weight excluding hydrogens is 558 g/mol. The van der Waals surface area contributed by atoms with Crippen molar-refractivity contribution in [2.24, 2.45) is 5.92 Å². The molecule has 3 aliphatic carbocycles. The van der Waals surface area contributed by atoms with Crippen molar-refractivity contribution in [1.82, 2.24) is 0 Å². The first-order valence-corrected chi connectivity index (χ1v) is 13.3. The molecular formula is C25H21F6O7S-. The molecule has 0 radical (unpaired) electrons. The van der Waals surface area contributed by atoms with Gasteiger partial charge in [-0.2, -0.15) is 26.3 Å². The molecule has 39 heavy (non-hydrogen) atoms. The normalized spacial score (nSPS) is 20.6. The molecule has 0 fully saturated rings. The molecule has 5 rings (SSSR count). The monoisotopic (exact) mass is 579 g/mol. The summed E-state index contributed by atoms with van der Waals surface area (Å²) in [4.78, 5) is 24.9. The van der Waals surface area contributed by atoms with Crippen LogP contribution in [0.3, 0.4) is 0 Å². The van der Waals surface area contributed by atoms with Crippen LogP contribution in [0.25, 0.3) is 0 Å². The molecule has 1 unspecified atom stereocenters. The average Bonchev–Trinajstić information content (AvgIpc) is 2.84. The van der Waals surface area contributed by atoms with Crippen LogP contribution >= 0.6 is 0 Å². The number of esters is 2. The Balaban J connectivity index is 1.40. The van der Waals surface area contributed by atoms with Crippen molar-refractivity contribution in [2.75, 3.05) is 12.4 Å². The summed E-state index contributed by atoms with van der Waals surface area (Å²) in [5.41, 5.74) is -1.43. The molecule has 0 aromatic heterocycles. The van der Waals surface area contributed by atoms with Crippen molar-refractivity contribution < 1.29 is 58.4 Å². The summed E-state index contributed by atoms with van der Waals surface area (Å²) in [6.07, 6.45) is -14.0. The lowest BCUT2D eigenvalue weighted by molar-refractivity contribution is -0.361. The van der Waals surface area contributed by atoms with Gasteiger partial charge in [0.05, 0.1) is 28.4 Å². The molecule has 0 saturated heterocycles. The van der Waals surface area contributed by atoms with Crippen molar-refractivity contribution in [3.8, 4) is 0 Å². The third-order valence-electron chi connectivity index (χ3n) is 6.96. The number of hydrogen-bond donors (Lipinski definition) is 0. The predicted molar refractivity (Wildman–Crippen MR) is 120 cm³/mol. The fourth-order valence-corrected chi connectivity index (χ4v) is 6.21. The van der Waals surface area contributed by atoms with E-state index in [0.717, 1.165) is 22.3 Å². The first-order valence-electron chi connectivity index (χ1n) is 11.7. The largest absolute Gasteiger partial charge is 0.748 e. The van der Waals surface area contributed by atoms with Crippen molar-refractivity contribution >= 4 is 22.1 Å². The maximum absolute atomic E-state index is 13.3. The van der Waals surface area contributed by atoms with Gasteiger partial charge in [-0.25, -0.2) is 8.42 Å². The van der Waals surface area contributed by atoms with Crippen LogP contribution in [0.15, 0.2) is 48.5 Å². The van der Waals surface area contributed by atoms with Gasteiger partial charge in [-0.15, -0.1) is 0 Å². The minimum absolute atomic E-state index is 0.0647. The Labute approximate surface area is 218 Å². The Morgan fingerprint density at radius 1 is 0.872 bits per heavy atom. The van der Waals surface area contributed by atoms with Crippen LogP contribution in [0, 0.1) is 5.92 Å². The van der Waals surface area contributed by atoms with Crippen molar-refractivity contribution in [3.05, 3.63) is 70.8 Å². The topological polar surface area (TPSA) is 110 Å². The summed E-state index contributed by atoms with van der Waals surface area (Å²) >= 11 is 0. The highest BCUT2D eigenvalue weighted by molar-refractivity contribution is 7.85. The van der Waals surface area contributed by atoms with Crippen LogP contribution in [0.1, 0.15) is 53.4 Å². The maximum atomic E-state index is 13.3. The second kappa shape index (κ2) is 10.1. The van der Waals surface area contributed by atoms with E-state index in [1.807, 2.05) is 48.5 Å². The summed E-state index contributed by atoms with van der Waals surface area (Å²) in [6, 6.07) is 15.3. The van der Waals surface area contributed by atoms with Crippen molar-refractivity contribution in [1.29, 1.82) is 0 Å². The summed E-state index contributed by atoms with van der Waals surface area (Å²) in [6.45, 7) is -0.518. The summed E-state index contributed by atoms with van der Waals surface area (Å²) in [7, 11) is -6.13. The molecule has 1 atom stereocenters. The second-order valence-electron chi connectivity index (χ2n) is 9.40. The lowest BCUT2D eigenvalue weighted by Crippen LogP contribution is -2.63. The molecule has 2 aromatic rings. The van der Waals surface area contributed by atoms with Crippen LogP contribution in [0.4, 0.5) is 26.3 Å². The Bertz CT molecular complexity index is 1310. The lowest BCUT2D eigenvalue weighted by Gasteiger charge is -2.44. The molecule has 0 N–H and O–H groups in total. The zero-order chi connectivity index (χ0) is 28.8. The fourth-order valence-electron chi connectivity index (χ4n) is 5.33. The number of carbonyl (C=O) groups excluding carboxylic acids is 2. The Morgan fingerprint density at radius 2 is 1.36 bits per heavy atom. The number of benzene rings is 2. The highest BCUT2D eigenvalue weighted by atomic mass is 32.2. The van der Waals surface area contributed by atoms with Crippen LogP contribution in [0.2, 0.25) is 0 Å². The predicted octanol–water partition coefficient (Wildman–Crippen LogP) is 4.56. The first-order chi connectivity index (χ1) is 18.1. The van der Waals surface area contributed by atoms with E-state index in [4.69, 9.17) is 4.74 Å². The van der Waals surface area contributed by atoms with Gasteiger partial charge in [0, 0.05) is 18.3 Å². The van der Waals surface area contributed by atoms with Crippen LogP contribution in [0.5, 0.6) is 0 Å².